The van der Waals surface area contributed by atoms with Crippen LogP contribution in [0.5, 0.6) is 0 Å². The van der Waals surface area contributed by atoms with Crippen LogP contribution in [0.4, 0.5) is 0 Å². The second kappa shape index (κ2) is 11.0. The topological polar surface area (TPSA) is 64.6 Å². The zero-order valence-electron chi connectivity index (χ0n) is 18.6. The number of dihydropyridines is 1. The van der Waals surface area contributed by atoms with Crippen molar-refractivity contribution in [2.75, 3.05) is 13.7 Å². The van der Waals surface area contributed by atoms with Gasteiger partial charge in [-0.3, -0.25) is 0 Å². The van der Waals surface area contributed by atoms with Gasteiger partial charge in [-0.1, -0.05) is 54.1 Å². The molecule has 1 N–H and O–H groups in total. The molecule has 1 aliphatic rings. The second-order valence-corrected chi connectivity index (χ2v) is 8.03. The molecule has 0 aliphatic carbocycles. The Morgan fingerprint density at radius 3 is 2.28 bits per heavy atom. The summed E-state index contributed by atoms with van der Waals surface area (Å²) in [5.41, 5.74) is 4.28. The first-order valence-electron chi connectivity index (χ1n) is 10.7. The summed E-state index contributed by atoms with van der Waals surface area (Å²) < 4.78 is 10.5. The Bertz CT molecular complexity index is 1030. The molecule has 0 saturated heterocycles. The van der Waals surface area contributed by atoms with Gasteiger partial charge in [0.2, 0.25) is 0 Å². The lowest BCUT2D eigenvalue weighted by Crippen LogP contribution is -2.33. The van der Waals surface area contributed by atoms with E-state index in [0.29, 0.717) is 28.3 Å². The van der Waals surface area contributed by atoms with E-state index < -0.39 is 17.9 Å². The fourth-order valence-electron chi connectivity index (χ4n) is 4.03. The molecule has 1 unspecified atom stereocenters. The van der Waals surface area contributed by atoms with Crippen molar-refractivity contribution in [3.8, 4) is 0 Å². The molecule has 1 aliphatic heterocycles. The number of nitrogens with one attached hydrogen (secondary N) is 1. The van der Waals surface area contributed by atoms with Crippen molar-refractivity contribution in [1.82, 2.24) is 5.32 Å². The second-order valence-electron chi connectivity index (χ2n) is 7.59. The molecule has 0 bridgehead atoms. The number of hydrogen-bond donors (Lipinski definition) is 1. The predicted molar refractivity (Wildman–Crippen MR) is 125 cm³/mol. The first kappa shape index (κ1) is 23.6. The van der Waals surface area contributed by atoms with E-state index in [1.54, 1.807) is 19.1 Å². The summed E-state index contributed by atoms with van der Waals surface area (Å²) in [5, 5.41) is 3.88. The molecule has 1 atom stereocenters. The molecule has 5 nitrogen and oxygen atoms in total. The Kier molecular flexibility index (Phi) is 8.12. The van der Waals surface area contributed by atoms with Gasteiger partial charge >= 0.3 is 11.9 Å². The van der Waals surface area contributed by atoms with Gasteiger partial charge in [0.1, 0.15) is 0 Å². The number of aryl methyl sites for hydroxylation is 1. The maximum Gasteiger partial charge on any atom is 0.336 e. The third kappa shape index (κ3) is 5.40. The van der Waals surface area contributed by atoms with Gasteiger partial charge in [0.05, 0.1) is 30.8 Å². The average Bonchev–Trinajstić information content (AvgIpc) is 2.79. The van der Waals surface area contributed by atoms with Crippen LogP contribution in [0.25, 0.3) is 0 Å². The number of esters is 2. The quantitative estimate of drug-likeness (QED) is 0.548. The summed E-state index contributed by atoms with van der Waals surface area (Å²) in [6.45, 7) is 3.83. The smallest absolute Gasteiger partial charge is 0.336 e. The van der Waals surface area contributed by atoms with E-state index >= 15 is 0 Å². The fourth-order valence-corrected chi connectivity index (χ4v) is 4.15. The summed E-state index contributed by atoms with van der Waals surface area (Å²) in [7, 11) is 1.34. The van der Waals surface area contributed by atoms with E-state index in [2.05, 4.69) is 17.4 Å². The van der Waals surface area contributed by atoms with Gasteiger partial charge in [-0.05, 0) is 56.4 Å². The molecule has 0 fully saturated rings. The van der Waals surface area contributed by atoms with Gasteiger partial charge in [-0.15, -0.1) is 0 Å². The summed E-state index contributed by atoms with van der Waals surface area (Å²) in [5.74, 6) is -1.53. The van der Waals surface area contributed by atoms with Gasteiger partial charge in [0.15, 0.2) is 0 Å². The number of methoxy groups -OCH3 is 1. The van der Waals surface area contributed by atoms with Crippen LogP contribution in [-0.4, -0.2) is 25.7 Å². The molecule has 0 spiro atoms. The number of carbonyl (C=O) groups excluding carboxylic acids is 2. The molecule has 6 heteroatoms. The minimum absolute atomic E-state index is 0.239. The molecular formula is C26H28ClNO4. The van der Waals surface area contributed by atoms with Crippen molar-refractivity contribution in [2.45, 2.75) is 39.0 Å². The molecule has 0 aromatic heterocycles. The zero-order chi connectivity index (χ0) is 23.1. The fraction of sp³-hybridized carbons (Fsp3) is 0.308. The summed E-state index contributed by atoms with van der Waals surface area (Å²) >= 11 is 6.09. The van der Waals surface area contributed by atoms with Gasteiger partial charge < -0.3 is 14.8 Å². The van der Waals surface area contributed by atoms with Crippen molar-refractivity contribution in [1.29, 1.82) is 0 Å². The molecule has 3 rings (SSSR count). The molecule has 2 aromatic rings. The highest BCUT2D eigenvalue weighted by molar-refractivity contribution is 6.30. The minimum atomic E-state index is -0.605. The Hall–Kier alpha value is -3.05. The van der Waals surface area contributed by atoms with Gasteiger partial charge in [0.25, 0.3) is 0 Å². The van der Waals surface area contributed by atoms with Gasteiger partial charge in [-0.2, -0.15) is 0 Å². The monoisotopic (exact) mass is 453 g/mol. The Morgan fingerprint density at radius 2 is 1.66 bits per heavy atom. The van der Waals surface area contributed by atoms with Crippen LogP contribution in [0, 0.1) is 0 Å². The summed E-state index contributed by atoms with van der Waals surface area (Å²) in [4.78, 5) is 25.9. The maximum absolute atomic E-state index is 13.1. The normalized spacial score (nSPS) is 15.9. The largest absolute Gasteiger partial charge is 0.466 e. The van der Waals surface area contributed by atoms with Crippen molar-refractivity contribution >= 4 is 23.5 Å². The van der Waals surface area contributed by atoms with E-state index in [1.807, 2.05) is 37.3 Å². The van der Waals surface area contributed by atoms with Crippen molar-refractivity contribution in [2.24, 2.45) is 0 Å². The van der Waals surface area contributed by atoms with Crippen LogP contribution >= 0.6 is 11.6 Å². The Morgan fingerprint density at radius 1 is 0.969 bits per heavy atom. The lowest BCUT2D eigenvalue weighted by Gasteiger charge is -2.31. The molecule has 1 heterocycles. The molecule has 32 heavy (non-hydrogen) atoms. The highest BCUT2D eigenvalue weighted by atomic mass is 35.5. The number of rotatable bonds is 8. The number of halogens is 1. The van der Waals surface area contributed by atoms with Gasteiger partial charge in [-0.25, -0.2) is 9.59 Å². The van der Waals surface area contributed by atoms with Crippen LogP contribution in [0.1, 0.15) is 43.7 Å². The first-order chi connectivity index (χ1) is 15.5. The lowest BCUT2D eigenvalue weighted by molar-refractivity contribution is -0.139. The van der Waals surface area contributed by atoms with Crippen molar-refractivity contribution in [3.05, 3.63) is 93.3 Å². The van der Waals surface area contributed by atoms with E-state index in [-0.39, 0.29) is 6.61 Å². The standard InChI is InChI=1S/C26H28ClNO4/c1-4-32-26(30)24-21(12-8-11-18-9-6-5-7-10-18)28-17(2)22(25(29)31-3)23(24)19-13-15-20(27)16-14-19/h5-7,9-10,13-16,23,28H,4,8,11-12H2,1-3H3. The minimum Gasteiger partial charge on any atom is -0.466 e. The van der Waals surface area contributed by atoms with Gasteiger partial charge in [0, 0.05) is 16.4 Å². The third-order valence-corrected chi connectivity index (χ3v) is 5.74. The number of hydrogen-bond acceptors (Lipinski definition) is 5. The SMILES string of the molecule is CCOC(=O)C1=C(CCCc2ccccc2)NC(C)=C(C(=O)OC)C1c1ccc(Cl)cc1. The first-order valence-corrected chi connectivity index (χ1v) is 11.1. The van der Waals surface area contributed by atoms with E-state index in [1.165, 1.54) is 12.7 Å². The van der Waals surface area contributed by atoms with E-state index in [9.17, 15) is 9.59 Å². The van der Waals surface area contributed by atoms with Crippen LogP contribution in [-0.2, 0) is 25.5 Å². The third-order valence-electron chi connectivity index (χ3n) is 5.48. The number of ether oxygens (including phenoxy) is 2. The van der Waals surface area contributed by atoms with Crippen molar-refractivity contribution in [3.63, 3.8) is 0 Å². The lowest BCUT2D eigenvalue weighted by atomic mass is 9.79. The Labute approximate surface area is 194 Å². The van der Waals surface area contributed by atoms with Crippen LogP contribution in [0.2, 0.25) is 5.02 Å². The van der Waals surface area contributed by atoms with Crippen LogP contribution < -0.4 is 5.32 Å². The highest BCUT2D eigenvalue weighted by Gasteiger charge is 2.38. The Balaban J connectivity index is 2.03. The van der Waals surface area contributed by atoms with Crippen molar-refractivity contribution < 1.29 is 19.1 Å². The molecule has 0 saturated carbocycles. The molecule has 0 amide bonds. The summed E-state index contributed by atoms with van der Waals surface area (Å²) in [6.07, 6.45) is 2.35. The average molecular weight is 454 g/mol. The highest BCUT2D eigenvalue weighted by Crippen LogP contribution is 2.40. The van der Waals surface area contributed by atoms with Crippen LogP contribution in [0.3, 0.4) is 0 Å². The number of allylic oxidation sites excluding steroid dienone is 2. The zero-order valence-corrected chi connectivity index (χ0v) is 19.4. The summed E-state index contributed by atoms with van der Waals surface area (Å²) in [6, 6.07) is 17.4. The maximum atomic E-state index is 13.1. The molecule has 168 valence electrons. The predicted octanol–water partition coefficient (Wildman–Crippen LogP) is 5.31. The van der Waals surface area contributed by atoms with Crippen LogP contribution in [0.15, 0.2) is 77.1 Å². The molecule has 2 aromatic carbocycles. The number of carbonyl (C=O) groups is 2. The molecule has 0 radical (unpaired) electrons. The van der Waals surface area contributed by atoms with E-state index in [4.69, 9.17) is 21.1 Å². The van der Waals surface area contributed by atoms with E-state index in [0.717, 1.165) is 24.1 Å². The molecular weight excluding hydrogens is 426 g/mol. The number of benzene rings is 2.